The van der Waals surface area contributed by atoms with Crippen molar-refractivity contribution in [3.8, 4) is 5.75 Å². The zero-order valence-electron chi connectivity index (χ0n) is 18.0. The predicted molar refractivity (Wildman–Crippen MR) is 115 cm³/mol. The van der Waals surface area contributed by atoms with Crippen LogP contribution in [0.5, 0.6) is 5.75 Å². The van der Waals surface area contributed by atoms with E-state index in [1.807, 2.05) is 49.4 Å². The number of ether oxygens (including phenoxy) is 5. The normalized spacial score (nSPS) is 27.2. The van der Waals surface area contributed by atoms with Gasteiger partial charge in [0.1, 0.15) is 18.5 Å². The lowest BCUT2D eigenvalue weighted by Crippen LogP contribution is -2.48. The Morgan fingerprint density at radius 1 is 1.19 bits per heavy atom. The van der Waals surface area contributed by atoms with E-state index >= 15 is 0 Å². The molecule has 2 aromatic rings. The molecule has 31 heavy (non-hydrogen) atoms. The number of carbonyl (C=O) groups is 1. The van der Waals surface area contributed by atoms with Gasteiger partial charge >= 0.3 is 5.97 Å². The summed E-state index contributed by atoms with van der Waals surface area (Å²) < 4.78 is 29.1. The second-order valence-electron chi connectivity index (χ2n) is 7.96. The molecular weight excluding hydrogens is 420 g/mol. The molecule has 1 unspecified atom stereocenters. The summed E-state index contributed by atoms with van der Waals surface area (Å²) in [6.07, 6.45) is 1.11. The number of halogens is 1. The first kappa shape index (κ1) is 22.1. The average Bonchev–Trinajstić information content (AvgIpc) is 3.03. The Morgan fingerprint density at radius 3 is 2.65 bits per heavy atom. The zero-order chi connectivity index (χ0) is 22.1. The highest BCUT2D eigenvalue weighted by atomic mass is 35.5. The molecule has 2 saturated heterocycles. The van der Waals surface area contributed by atoms with E-state index in [-0.39, 0.29) is 18.7 Å². The summed E-state index contributed by atoms with van der Waals surface area (Å²) in [5.41, 5.74) is 2.89. The van der Waals surface area contributed by atoms with E-state index < -0.39 is 11.6 Å². The van der Waals surface area contributed by atoms with Crippen LogP contribution in [0.2, 0.25) is 5.02 Å². The predicted octanol–water partition coefficient (Wildman–Crippen LogP) is 4.60. The van der Waals surface area contributed by atoms with Gasteiger partial charge in [0.05, 0.1) is 6.61 Å². The van der Waals surface area contributed by atoms with Gasteiger partial charge in [0.25, 0.3) is 0 Å². The van der Waals surface area contributed by atoms with Crippen LogP contribution >= 0.6 is 11.6 Å². The lowest BCUT2D eigenvalue weighted by Gasteiger charge is -2.40. The maximum atomic E-state index is 11.6. The molecule has 0 N–H and O–H groups in total. The minimum Gasteiger partial charge on any atom is -0.494 e. The molecule has 0 radical (unpaired) electrons. The largest absolute Gasteiger partial charge is 0.494 e. The van der Waals surface area contributed by atoms with Crippen LogP contribution in [0.15, 0.2) is 42.5 Å². The zero-order valence-corrected chi connectivity index (χ0v) is 18.7. The number of methoxy groups -OCH3 is 1. The summed E-state index contributed by atoms with van der Waals surface area (Å²) in [5.74, 6) is -1.48. The molecule has 7 heteroatoms. The third-order valence-electron chi connectivity index (χ3n) is 5.73. The van der Waals surface area contributed by atoms with Gasteiger partial charge in [-0.2, -0.15) is 0 Å². The summed E-state index contributed by atoms with van der Waals surface area (Å²) in [4.78, 5) is 11.6. The third-order valence-corrected chi connectivity index (χ3v) is 6.10. The van der Waals surface area contributed by atoms with Gasteiger partial charge < -0.3 is 23.7 Å². The van der Waals surface area contributed by atoms with Gasteiger partial charge in [-0.15, -0.1) is 0 Å². The standard InChI is InChI=1S/C24H27ClO6/c1-4-28-20-8-5-17(6-9-20)11-18-12-19(7-10-22(18)25)24-14-21(30-16(2)26)13-23(27-3,31-24)15-29-24/h5-10,12,21H,4,11,13-15H2,1-3H3/t21?,23-,24-/m1/s1. The highest BCUT2D eigenvalue weighted by Gasteiger charge is 2.59. The molecule has 0 aromatic heterocycles. The second-order valence-corrected chi connectivity index (χ2v) is 8.37. The quantitative estimate of drug-likeness (QED) is 0.579. The molecule has 2 bridgehead atoms. The number of esters is 1. The lowest BCUT2D eigenvalue weighted by atomic mass is 9.91. The summed E-state index contributed by atoms with van der Waals surface area (Å²) in [6, 6.07) is 13.7. The van der Waals surface area contributed by atoms with Gasteiger partial charge in [-0.25, -0.2) is 0 Å². The fourth-order valence-electron chi connectivity index (χ4n) is 4.31. The van der Waals surface area contributed by atoms with Crippen molar-refractivity contribution in [1.29, 1.82) is 0 Å². The van der Waals surface area contributed by atoms with Gasteiger partial charge in [0.2, 0.25) is 5.79 Å². The molecule has 0 saturated carbocycles. The maximum Gasteiger partial charge on any atom is 0.302 e. The van der Waals surface area contributed by atoms with Crippen molar-refractivity contribution in [2.24, 2.45) is 0 Å². The Bertz CT molecular complexity index is 946. The highest BCUT2D eigenvalue weighted by Crippen LogP contribution is 2.50. The SMILES string of the molecule is CCOc1ccc(Cc2cc([C@]34CC(OC(C)=O)C[C@](OC)(CO3)O4)ccc2Cl)cc1. The first-order valence-electron chi connectivity index (χ1n) is 10.4. The van der Waals surface area contributed by atoms with Gasteiger partial charge in [-0.05, 0) is 48.7 Å². The number of carbonyl (C=O) groups excluding carboxylic acids is 1. The summed E-state index contributed by atoms with van der Waals surface area (Å²) >= 11 is 6.52. The van der Waals surface area contributed by atoms with Crippen LogP contribution in [-0.2, 0) is 35.9 Å². The average molecular weight is 447 g/mol. The van der Waals surface area contributed by atoms with Crippen LogP contribution < -0.4 is 4.74 Å². The number of rotatable bonds is 7. The van der Waals surface area contributed by atoms with Crippen molar-refractivity contribution in [3.63, 3.8) is 0 Å². The number of hydrogen-bond donors (Lipinski definition) is 0. The first-order valence-corrected chi connectivity index (χ1v) is 10.8. The number of benzene rings is 2. The van der Waals surface area contributed by atoms with Crippen molar-refractivity contribution in [3.05, 3.63) is 64.2 Å². The maximum absolute atomic E-state index is 11.6. The van der Waals surface area contributed by atoms with E-state index in [9.17, 15) is 4.79 Å². The third kappa shape index (κ3) is 4.58. The Labute approximate surface area is 187 Å². The van der Waals surface area contributed by atoms with Crippen molar-refractivity contribution in [1.82, 2.24) is 0 Å². The topological polar surface area (TPSA) is 63.2 Å². The molecule has 2 aromatic carbocycles. The van der Waals surface area contributed by atoms with E-state index in [1.165, 1.54) is 6.92 Å². The van der Waals surface area contributed by atoms with Crippen LogP contribution in [0.25, 0.3) is 0 Å². The van der Waals surface area contributed by atoms with E-state index in [2.05, 4.69) is 0 Å². The molecule has 0 aliphatic carbocycles. The smallest absolute Gasteiger partial charge is 0.302 e. The Kier molecular flexibility index (Phi) is 6.26. The number of hydrogen-bond acceptors (Lipinski definition) is 6. The Morgan fingerprint density at radius 2 is 1.97 bits per heavy atom. The van der Waals surface area contributed by atoms with Crippen LogP contribution in [0.1, 0.15) is 43.4 Å². The molecule has 4 rings (SSSR count). The van der Waals surface area contributed by atoms with Crippen LogP contribution in [0.3, 0.4) is 0 Å². The van der Waals surface area contributed by atoms with Crippen LogP contribution in [0, 0.1) is 0 Å². The first-order chi connectivity index (χ1) is 14.9. The lowest BCUT2D eigenvalue weighted by molar-refractivity contribution is -0.306. The van der Waals surface area contributed by atoms with Crippen molar-refractivity contribution in [2.75, 3.05) is 20.3 Å². The molecule has 166 valence electrons. The fraction of sp³-hybridized carbons (Fsp3) is 0.458. The molecule has 2 heterocycles. The monoisotopic (exact) mass is 446 g/mol. The van der Waals surface area contributed by atoms with Crippen molar-refractivity contribution < 1.29 is 28.5 Å². The highest BCUT2D eigenvalue weighted by molar-refractivity contribution is 6.31. The Balaban J connectivity index is 1.61. The second kappa shape index (κ2) is 8.79. The molecule has 2 aliphatic rings. The van der Waals surface area contributed by atoms with Crippen molar-refractivity contribution >= 4 is 17.6 Å². The molecule has 2 fully saturated rings. The van der Waals surface area contributed by atoms with Crippen LogP contribution in [-0.4, -0.2) is 38.2 Å². The van der Waals surface area contributed by atoms with E-state index in [4.69, 9.17) is 35.3 Å². The van der Waals surface area contributed by atoms with E-state index in [0.29, 0.717) is 30.9 Å². The van der Waals surface area contributed by atoms with Crippen LogP contribution in [0.4, 0.5) is 0 Å². The molecule has 0 spiro atoms. The van der Waals surface area contributed by atoms with Gasteiger partial charge in [0, 0.05) is 37.5 Å². The molecule has 3 atom stereocenters. The molecule has 6 nitrogen and oxygen atoms in total. The minimum absolute atomic E-state index is 0.262. The molecular formula is C24H27ClO6. The fourth-order valence-corrected chi connectivity index (χ4v) is 4.49. The van der Waals surface area contributed by atoms with Gasteiger partial charge in [0.15, 0.2) is 5.79 Å². The van der Waals surface area contributed by atoms with E-state index in [0.717, 1.165) is 22.4 Å². The number of fused-ring (bicyclic) bond motifs is 2. The Hall–Kier alpha value is -2.12. The summed E-state index contributed by atoms with van der Waals surface area (Å²) in [6.45, 7) is 4.26. The summed E-state index contributed by atoms with van der Waals surface area (Å²) in [7, 11) is 1.58. The molecule has 2 aliphatic heterocycles. The summed E-state index contributed by atoms with van der Waals surface area (Å²) in [5, 5.41) is 0.664. The minimum atomic E-state index is -1.05. The van der Waals surface area contributed by atoms with Gasteiger partial charge in [-0.3, -0.25) is 4.79 Å². The van der Waals surface area contributed by atoms with Gasteiger partial charge in [-0.1, -0.05) is 29.8 Å². The molecule has 0 amide bonds. The van der Waals surface area contributed by atoms with Crippen molar-refractivity contribution in [2.45, 2.75) is 50.8 Å². The van der Waals surface area contributed by atoms with E-state index in [1.54, 1.807) is 7.11 Å².